The van der Waals surface area contributed by atoms with E-state index in [1.54, 1.807) is 0 Å². The molecular weight excluding hydrogens is 728 g/mol. The molecule has 0 radical (unpaired) electrons. The topological polar surface area (TPSA) is 128 Å². The van der Waals surface area contributed by atoms with Crippen LogP contribution in [0.25, 0.3) is 11.4 Å². The van der Waals surface area contributed by atoms with Crippen molar-refractivity contribution in [1.82, 2.24) is 30.4 Å². The molecule has 0 saturated carbocycles. The fourth-order valence-corrected chi connectivity index (χ4v) is 9.83. The molecule has 12 nitrogen and oxygen atoms in total. The van der Waals surface area contributed by atoms with Gasteiger partial charge in [-0.25, -0.2) is 9.78 Å². The number of hydrogen-bond acceptors (Lipinski definition) is 9. The average Bonchev–Trinajstić information content (AvgIpc) is 3.95. The molecule has 54 heavy (non-hydrogen) atoms. The Balaban J connectivity index is 0.703. The van der Waals surface area contributed by atoms with Gasteiger partial charge in [0.05, 0.1) is 68.1 Å². The summed E-state index contributed by atoms with van der Waals surface area (Å²) in [7, 11) is 2.10. The number of ether oxygens (including phenoxy) is 4. The highest BCUT2D eigenvalue weighted by atomic mass is 35.5. The first-order chi connectivity index (χ1) is 26.4. The zero-order valence-corrected chi connectivity index (χ0v) is 32.7. The van der Waals surface area contributed by atoms with Gasteiger partial charge in [-0.15, -0.1) is 0 Å². The second kappa shape index (κ2) is 19.0. The van der Waals surface area contributed by atoms with E-state index in [0.717, 1.165) is 79.5 Å². The molecule has 4 heterocycles. The minimum atomic E-state index is -0.0557. The molecule has 2 fully saturated rings. The second-order valence-electron chi connectivity index (χ2n) is 14.4. The van der Waals surface area contributed by atoms with Crippen molar-refractivity contribution in [3.8, 4) is 17.1 Å². The molecule has 3 aromatic rings. The van der Waals surface area contributed by atoms with Gasteiger partial charge in [-0.2, -0.15) is 11.8 Å². The maximum absolute atomic E-state index is 12.1. The van der Waals surface area contributed by atoms with Gasteiger partial charge in [-0.1, -0.05) is 42.3 Å². The number of halogens is 1. The monoisotopic (exact) mass is 780 g/mol. The maximum Gasteiger partial charge on any atom is 0.315 e. The van der Waals surface area contributed by atoms with Crippen molar-refractivity contribution < 1.29 is 28.5 Å². The number of carbonyl (C=O) groups is 2. The van der Waals surface area contributed by atoms with E-state index >= 15 is 0 Å². The van der Waals surface area contributed by atoms with Crippen LogP contribution >= 0.6 is 23.4 Å². The van der Waals surface area contributed by atoms with E-state index < -0.39 is 0 Å². The normalized spacial score (nSPS) is 21.7. The van der Waals surface area contributed by atoms with Crippen LogP contribution in [0.2, 0.25) is 5.02 Å². The van der Waals surface area contributed by atoms with Gasteiger partial charge < -0.3 is 39.5 Å². The number of benzene rings is 2. The van der Waals surface area contributed by atoms with Gasteiger partial charge in [0.25, 0.3) is 0 Å². The van der Waals surface area contributed by atoms with Crippen molar-refractivity contribution in [3.63, 3.8) is 0 Å². The molecule has 2 saturated heterocycles. The van der Waals surface area contributed by atoms with E-state index in [1.165, 1.54) is 22.5 Å². The smallest absolute Gasteiger partial charge is 0.315 e. The van der Waals surface area contributed by atoms with Crippen molar-refractivity contribution in [2.75, 3.05) is 65.1 Å². The molecule has 4 atom stereocenters. The van der Waals surface area contributed by atoms with Gasteiger partial charge in [0.2, 0.25) is 5.91 Å². The van der Waals surface area contributed by atoms with E-state index in [9.17, 15) is 9.59 Å². The van der Waals surface area contributed by atoms with Gasteiger partial charge in [-0.3, -0.25) is 9.69 Å². The molecule has 7 rings (SSSR count). The van der Waals surface area contributed by atoms with Gasteiger partial charge >= 0.3 is 6.03 Å². The molecule has 0 bridgehead atoms. The van der Waals surface area contributed by atoms with Crippen molar-refractivity contribution >= 4 is 35.3 Å². The lowest BCUT2D eigenvalue weighted by atomic mass is 10.0. The Kier molecular flexibility index (Phi) is 13.7. The number of nitrogens with one attached hydrogen (secondary N) is 3. The summed E-state index contributed by atoms with van der Waals surface area (Å²) in [5.74, 6) is 2.91. The second-order valence-corrected chi connectivity index (χ2v) is 16.1. The number of nitrogens with zero attached hydrogens (tertiary/aromatic N) is 3. The summed E-state index contributed by atoms with van der Waals surface area (Å²) in [6, 6.07) is 15.2. The third kappa shape index (κ3) is 9.72. The average molecular weight is 781 g/mol. The van der Waals surface area contributed by atoms with Crippen LogP contribution in [0.4, 0.5) is 4.79 Å². The number of hydrogen-bond donors (Lipinski definition) is 3. The molecule has 3 amide bonds. The van der Waals surface area contributed by atoms with Crippen molar-refractivity contribution in [1.29, 1.82) is 0 Å². The minimum absolute atomic E-state index is 0.0519. The van der Waals surface area contributed by atoms with Gasteiger partial charge in [0, 0.05) is 62.1 Å². The SMILES string of the molecule is Cn1c(-c2ccccc2Cl)nc2c1CN(C1Cc3cccc(OCCOCCOCCOCCNC(=O)CCCC[C@H]4SC[C@H]5NC(=O)N[C@H]54)c3C1)CC2. The summed E-state index contributed by atoms with van der Waals surface area (Å²) in [6.45, 7) is 5.71. The first kappa shape index (κ1) is 38.9. The quantitative estimate of drug-likeness (QED) is 0.112. The molecule has 1 aromatic heterocycles. The predicted octanol–water partition coefficient (Wildman–Crippen LogP) is 4.54. The van der Waals surface area contributed by atoms with E-state index in [2.05, 4.69) is 50.7 Å². The van der Waals surface area contributed by atoms with Crippen molar-refractivity contribution in [3.05, 3.63) is 70.0 Å². The van der Waals surface area contributed by atoms with E-state index in [-0.39, 0.29) is 24.0 Å². The molecule has 2 aromatic carbocycles. The number of aromatic nitrogens is 2. The predicted molar refractivity (Wildman–Crippen MR) is 210 cm³/mol. The van der Waals surface area contributed by atoms with E-state index in [0.29, 0.717) is 70.5 Å². The zero-order valence-electron chi connectivity index (χ0n) is 31.2. The number of carbonyl (C=O) groups excluding carboxylic acids is 2. The maximum atomic E-state index is 12.1. The third-order valence-electron chi connectivity index (χ3n) is 10.9. The standard InChI is InChI=1S/C40H53ClN6O6S/c1-46-34-25-47(15-13-32(34)43-39(46)29-8-2-3-9-31(29)41)28-23-27-7-6-10-35(30(27)24-28)53-22-21-52-20-19-51-18-17-50-16-14-42-37(48)12-5-4-11-36-38-33(26-54-36)44-40(49)45-38/h2-3,6-10,28,33,36,38H,4-5,11-26H2,1H3,(H,42,48)(H2,44,45,49)/t28?,33-,36-,38-/m1/s1. The van der Waals surface area contributed by atoms with Crippen LogP contribution in [0.1, 0.15) is 48.2 Å². The lowest BCUT2D eigenvalue weighted by molar-refractivity contribution is -0.121. The molecular formula is C40H53ClN6O6S. The van der Waals surface area contributed by atoms with Crippen molar-refractivity contribution in [2.45, 2.75) is 74.9 Å². The summed E-state index contributed by atoms with van der Waals surface area (Å²) >= 11 is 8.43. The number of unbranched alkanes of at least 4 members (excludes halogenated alkanes) is 1. The fourth-order valence-electron chi connectivity index (χ4n) is 8.07. The lowest BCUT2D eigenvalue weighted by Gasteiger charge is -2.32. The molecule has 292 valence electrons. The van der Waals surface area contributed by atoms with Crippen LogP contribution < -0.4 is 20.7 Å². The number of imidazole rings is 1. The summed E-state index contributed by atoms with van der Waals surface area (Å²) in [6.07, 6.45) is 6.28. The Hall–Kier alpha value is -3.33. The highest BCUT2D eigenvalue weighted by Gasteiger charge is 2.42. The lowest BCUT2D eigenvalue weighted by Crippen LogP contribution is -2.40. The Morgan fingerprint density at radius 2 is 1.78 bits per heavy atom. The number of amides is 3. The van der Waals surface area contributed by atoms with Crippen LogP contribution in [0, 0.1) is 0 Å². The summed E-state index contributed by atoms with van der Waals surface area (Å²) in [5, 5.41) is 10.1. The number of rotatable bonds is 20. The molecule has 3 N–H and O–H groups in total. The number of fused-ring (bicyclic) bond motifs is 3. The highest BCUT2D eigenvalue weighted by molar-refractivity contribution is 8.00. The molecule has 0 spiro atoms. The van der Waals surface area contributed by atoms with Crippen LogP contribution in [-0.4, -0.2) is 115 Å². The van der Waals surface area contributed by atoms with E-state index in [1.807, 2.05) is 36.0 Å². The summed E-state index contributed by atoms with van der Waals surface area (Å²) < 4.78 is 25.4. The molecule has 1 aliphatic carbocycles. The summed E-state index contributed by atoms with van der Waals surface area (Å²) in [4.78, 5) is 31.3. The zero-order chi connectivity index (χ0) is 37.3. The van der Waals surface area contributed by atoms with Crippen molar-refractivity contribution in [2.24, 2.45) is 7.05 Å². The minimum Gasteiger partial charge on any atom is -0.491 e. The van der Waals surface area contributed by atoms with E-state index in [4.69, 9.17) is 35.5 Å². The molecule has 3 aliphatic heterocycles. The first-order valence-electron chi connectivity index (χ1n) is 19.4. The van der Waals surface area contributed by atoms with Gasteiger partial charge in [0.15, 0.2) is 0 Å². The Morgan fingerprint density at radius 1 is 0.981 bits per heavy atom. The third-order valence-corrected chi connectivity index (χ3v) is 12.8. The summed E-state index contributed by atoms with van der Waals surface area (Å²) in [5.41, 5.74) is 6.10. The van der Waals surface area contributed by atoms with Crippen LogP contribution in [0.5, 0.6) is 5.75 Å². The number of thioether (sulfide) groups is 1. The van der Waals surface area contributed by atoms with Crippen LogP contribution in [0.3, 0.4) is 0 Å². The first-order valence-corrected chi connectivity index (χ1v) is 20.8. The van der Waals surface area contributed by atoms with Crippen LogP contribution in [0.15, 0.2) is 42.5 Å². The number of urea groups is 1. The molecule has 4 aliphatic rings. The largest absolute Gasteiger partial charge is 0.491 e. The van der Waals surface area contributed by atoms with Gasteiger partial charge in [-0.05, 0) is 55.0 Å². The highest BCUT2D eigenvalue weighted by Crippen LogP contribution is 2.36. The Bertz CT molecular complexity index is 1740. The Morgan fingerprint density at radius 3 is 2.61 bits per heavy atom. The molecule has 14 heteroatoms. The fraction of sp³-hybridized carbons (Fsp3) is 0.575. The molecule has 1 unspecified atom stereocenters. The Labute approximate surface area is 327 Å². The van der Waals surface area contributed by atoms with Crippen LogP contribution in [-0.2, 0) is 51.9 Å². The van der Waals surface area contributed by atoms with Gasteiger partial charge in [0.1, 0.15) is 18.2 Å².